The Morgan fingerprint density at radius 2 is 2.03 bits per heavy atom. The second kappa shape index (κ2) is 10.5. The fraction of sp³-hybridized carbons (Fsp3) is 0.407. The molecule has 1 aliphatic heterocycles. The number of carbonyl (C=O) groups excluding carboxylic acids is 1. The number of ether oxygens (including phenoxy) is 2. The maximum absolute atomic E-state index is 13.5. The predicted octanol–water partition coefficient (Wildman–Crippen LogP) is 3.90. The molecule has 4 aromatic rings. The molecule has 1 amide bonds. The van der Waals surface area contributed by atoms with Crippen LogP contribution in [0.5, 0.6) is 5.75 Å². The van der Waals surface area contributed by atoms with Crippen molar-refractivity contribution in [3.8, 4) is 5.75 Å². The van der Waals surface area contributed by atoms with Gasteiger partial charge in [0.25, 0.3) is 12.0 Å². The van der Waals surface area contributed by atoms with Crippen LogP contribution in [0, 0.1) is 0 Å². The number of hydrogen-bond acceptors (Lipinski definition) is 6. The molecule has 0 radical (unpaired) electrons. The number of aromatic nitrogens is 4. The standard InChI is InChI=1S/C27H26ClF2N5O4/c28-18-10-19-20(11-22(18)39-14-23(29)30)32-24(31-19)12-21-26-16(15-4-5-15)2-1-3-17(26)27(37)35(33-21)13-25(36)34-6-8-38-9-7-34/h1-3,10-11,15,23H,4-9,12-14H2,(H,31,32). The highest BCUT2D eigenvalue weighted by Crippen LogP contribution is 2.43. The maximum Gasteiger partial charge on any atom is 0.275 e. The minimum absolute atomic E-state index is 0.122. The predicted molar refractivity (Wildman–Crippen MR) is 141 cm³/mol. The van der Waals surface area contributed by atoms with E-state index in [1.165, 1.54) is 10.7 Å². The molecule has 0 unspecified atom stereocenters. The number of morpholine rings is 1. The third-order valence-corrected chi connectivity index (χ3v) is 7.34. The van der Waals surface area contributed by atoms with Gasteiger partial charge in [-0.15, -0.1) is 0 Å². The Hall–Kier alpha value is -3.57. The average molecular weight is 558 g/mol. The van der Waals surface area contributed by atoms with Crippen LogP contribution in [0.2, 0.25) is 5.02 Å². The number of alkyl halides is 2. The molecule has 0 bridgehead atoms. The number of carbonyl (C=O) groups is 1. The summed E-state index contributed by atoms with van der Waals surface area (Å²) in [5.41, 5.74) is 2.50. The van der Waals surface area contributed by atoms with E-state index in [2.05, 4.69) is 15.1 Å². The molecule has 2 aromatic carbocycles. The summed E-state index contributed by atoms with van der Waals surface area (Å²) in [5.74, 6) is 0.850. The number of H-pyrrole nitrogens is 1. The van der Waals surface area contributed by atoms with Crippen molar-refractivity contribution in [2.45, 2.75) is 38.2 Å². The van der Waals surface area contributed by atoms with Gasteiger partial charge in [-0.05, 0) is 36.5 Å². The van der Waals surface area contributed by atoms with Gasteiger partial charge in [0, 0.05) is 24.5 Å². The highest BCUT2D eigenvalue weighted by Gasteiger charge is 2.28. The van der Waals surface area contributed by atoms with Crippen molar-refractivity contribution in [2.75, 3.05) is 32.9 Å². The van der Waals surface area contributed by atoms with Crippen LogP contribution >= 0.6 is 11.6 Å². The summed E-state index contributed by atoms with van der Waals surface area (Å²) in [6.07, 6.45) is -0.285. The third-order valence-electron chi connectivity index (χ3n) is 7.04. The van der Waals surface area contributed by atoms with Crippen molar-refractivity contribution in [2.24, 2.45) is 0 Å². The first-order valence-corrected chi connectivity index (χ1v) is 13.2. The molecule has 0 atom stereocenters. The van der Waals surface area contributed by atoms with Gasteiger partial charge in [0.05, 0.1) is 46.8 Å². The first-order valence-electron chi connectivity index (χ1n) is 12.8. The second-order valence-electron chi connectivity index (χ2n) is 9.81. The lowest BCUT2D eigenvalue weighted by Crippen LogP contribution is -2.44. The zero-order valence-corrected chi connectivity index (χ0v) is 21.7. The zero-order chi connectivity index (χ0) is 27.1. The highest BCUT2D eigenvalue weighted by molar-refractivity contribution is 6.32. The van der Waals surface area contributed by atoms with E-state index < -0.39 is 13.0 Å². The Morgan fingerprint density at radius 1 is 1.23 bits per heavy atom. The largest absolute Gasteiger partial charge is 0.486 e. The Kier molecular flexibility index (Phi) is 6.94. The summed E-state index contributed by atoms with van der Waals surface area (Å²) in [6.45, 7) is 0.942. The van der Waals surface area contributed by atoms with Crippen LogP contribution in [0.25, 0.3) is 21.8 Å². The van der Waals surface area contributed by atoms with Gasteiger partial charge in [-0.1, -0.05) is 23.7 Å². The van der Waals surface area contributed by atoms with E-state index in [1.54, 1.807) is 17.0 Å². The fourth-order valence-corrected chi connectivity index (χ4v) is 5.24. The lowest BCUT2D eigenvalue weighted by atomic mass is 9.99. The van der Waals surface area contributed by atoms with Gasteiger partial charge in [0.1, 0.15) is 24.7 Å². The molecule has 2 aliphatic rings. The molecule has 12 heteroatoms. The van der Waals surface area contributed by atoms with Gasteiger partial charge in [-0.25, -0.2) is 18.4 Å². The quantitative estimate of drug-likeness (QED) is 0.353. The van der Waals surface area contributed by atoms with Crippen molar-refractivity contribution < 1.29 is 23.0 Å². The molecule has 9 nitrogen and oxygen atoms in total. The van der Waals surface area contributed by atoms with E-state index in [-0.39, 0.29) is 35.2 Å². The topological polar surface area (TPSA) is 102 Å². The average Bonchev–Trinajstić information content (AvgIpc) is 3.70. The molecule has 0 spiro atoms. The Morgan fingerprint density at radius 3 is 2.77 bits per heavy atom. The molecule has 1 saturated heterocycles. The van der Waals surface area contributed by atoms with Crippen LogP contribution in [-0.4, -0.2) is 69.9 Å². The number of amides is 1. The highest BCUT2D eigenvalue weighted by atomic mass is 35.5. The Balaban J connectivity index is 1.39. The van der Waals surface area contributed by atoms with Crippen LogP contribution in [0.3, 0.4) is 0 Å². The van der Waals surface area contributed by atoms with Crippen molar-refractivity contribution in [1.82, 2.24) is 24.6 Å². The van der Waals surface area contributed by atoms with E-state index in [9.17, 15) is 18.4 Å². The van der Waals surface area contributed by atoms with Gasteiger partial charge in [-0.2, -0.15) is 5.10 Å². The molecule has 1 aliphatic carbocycles. The van der Waals surface area contributed by atoms with Gasteiger partial charge < -0.3 is 19.4 Å². The van der Waals surface area contributed by atoms with E-state index in [4.69, 9.17) is 21.1 Å². The van der Waals surface area contributed by atoms with Gasteiger partial charge in [-0.3, -0.25) is 9.59 Å². The molecule has 2 aromatic heterocycles. The second-order valence-corrected chi connectivity index (χ2v) is 10.2. The van der Waals surface area contributed by atoms with E-state index in [0.717, 1.165) is 23.8 Å². The zero-order valence-electron chi connectivity index (χ0n) is 21.0. The van der Waals surface area contributed by atoms with Gasteiger partial charge in [0.2, 0.25) is 5.91 Å². The Labute approximate surface area is 226 Å². The lowest BCUT2D eigenvalue weighted by molar-refractivity contribution is -0.136. The van der Waals surface area contributed by atoms with E-state index in [1.807, 2.05) is 12.1 Å². The number of benzene rings is 2. The molecular formula is C27H26ClF2N5O4. The summed E-state index contributed by atoms with van der Waals surface area (Å²) in [4.78, 5) is 36.0. The van der Waals surface area contributed by atoms with Crippen LogP contribution in [0.1, 0.15) is 35.8 Å². The van der Waals surface area contributed by atoms with Crippen molar-refractivity contribution in [1.29, 1.82) is 0 Å². The summed E-state index contributed by atoms with van der Waals surface area (Å²) >= 11 is 6.24. The minimum atomic E-state index is -2.63. The number of hydrogen-bond donors (Lipinski definition) is 1. The molecule has 3 heterocycles. The Bertz CT molecular complexity index is 1610. The number of nitrogens with zero attached hydrogens (tertiary/aromatic N) is 4. The summed E-state index contributed by atoms with van der Waals surface area (Å²) in [7, 11) is 0. The number of fused-ring (bicyclic) bond motifs is 2. The molecule has 204 valence electrons. The maximum atomic E-state index is 13.5. The van der Waals surface area contributed by atoms with Gasteiger partial charge >= 0.3 is 0 Å². The summed E-state index contributed by atoms with van der Waals surface area (Å²) in [5, 5.41) is 6.18. The molecule has 1 saturated carbocycles. The van der Waals surface area contributed by atoms with Crippen LogP contribution in [-0.2, 0) is 22.5 Å². The fourth-order valence-electron chi connectivity index (χ4n) is 5.03. The van der Waals surface area contributed by atoms with Crippen molar-refractivity contribution in [3.05, 3.63) is 62.8 Å². The number of halogens is 3. The summed E-state index contributed by atoms with van der Waals surface area (Å²) < 4.78 is 37.0. The van der Waals surface area contributed by atoms with Crippen LogP contribution < -0.4 is 10.3 Å². The monoisotopic (exact) mass is 557 g/mol. The molecule has 6 rings (SSSR count). The van der Waals surface area contributed by atoms with Gasteiger partial charge in [0.15, 0.2) is 0 Å². The lowest BCUT2D eigenvalue weighted by Gasteiger charge is -2.27. The molecule has 1 N–H and O–H groups in total. The third kappa shape index (κ3) is 5.33. The summed E-state index contributed by atoms with van der Waals surface area (Å²) in [6, 6.07) is 8.77. The molecule has 39 heavy (non-hydrogen) atoms. The molecule has 2 fully saturated rings. The smallest absolute Gasteiger partial charge is 0.275 e. The number of aromatic amines is 1. The SMILES string of the molecule is O=C(Cn1nc(Cc2nc3cc(OCC(F)F)c(Cl)cc3[nH]2)c2c(C3CC3)cccc2c1=O)N1CCOCC1. The number of imidazole rings is 1. The first-order chi connectivity index (χ1) is 18.9. The first kappa shape index (κ1) is 25.7. The number of rotatable bonds is 8. The normalized spacial score (nSPS) is 15.9. The minimum Gasteiger partial charge on any atom is -0.486 e. The van der Waals surface area contributed by atoms with Crippen LogP contribution in [0.15, 0.2) is 35.1 Å². The van der Waals surface area contributed by atoms with E-state index in [0.29, 0.717) is 60.2 Å². The number of nitrogens with one attached hydrogen (secondary N) is 1. The van der Waals surface area contributed by atoms with Crippen molar-refractivity contribution >= 4 is 39.3 Å². The van der Waals surface area contributed by atoms with Crippen LogP contribution in [0.4, 0.5) is 8.78 Å². The van der Waals surface area contributed by atoms with Crippen molar-refractivity contribution in [3.63, 3.8) is 0 Å². The molecular weight excluding hydrogens is 532 g/mol. The van der Waals surface area contributed by atoms with E-state index >= 15 is 0 Å².